The van der Waals surface area contributed by atoms with E-state index in [0.29, 0.717) is 11.6 Å². The lowest BCUT2D eigenvalue weighted by molar-refractivity contribution is 0.0685. The Morgan fingerprint density at radius 2 is 2.05 bits per heavy atom. The van der Waals surface area contributed by atoms with Crippen molar-refractivity contribution in [3.8, 4) is 0 Å². The predicted molar refractivity (Wildman–Crippen MR) is 74.3 cm³/mol. The number of aromatic nitrogens is 1. The van der Waals surface area contributed by atoms with Crippen LogP contribution in [0.4, 0.5) is 0 Å². The molecule has 2 rings (SSSR count). The van der Waals surface area contributed by atoms with Crippen molar-refractivity contribution in [3.63, 3.8) is 0 Å². The first-order chi connectivity index (χ1) is 9.11. The van der Waals surface area contributed by atoms with E-state index < -0.39 is 0 Å². The molecule has 0 radical (unpaired) electrons. The molecule has 1 aliphatic rings. The third kappa shape index (κ3) is 3.23. The molecule has 1 fully saturated rings. The van der Waals surface area contributed by atoms with E-state index in [0.717, 1.165) is 25.7 Å². The van der Waals surface area contributed by atoms with E-state index in [4.69, 9.17) is 0 Å². The smallest absolute Gasteiger partial charge is 0.254 e. The molecule has 2 N–H and O–H groups in total. The Kier molecular flexibility index (Phi) is 4.37. The van der Waals surface area contributed by atoms with Crippen LogP contribution in [0.2, 0.25) is 0 Å². The molecule has 104 valence electrons. The molecule has 0 atom stereocenters. The molecule has 1 heterocycles. The highest BCUT2D eigenvalue weighted by molar-refractivity contribution is 5.94. The summed E-state index contributed by atoms with van der Waals surface area (Å²) >= 11 is 0. The van der Waals surface area contributed by atoms with E-state index in [1.54, 1.807) is 11.0 Å². The fraction of sp³-hybridized carbons (Fsp3) is 0.571. The van der Waals surface area contributed by atoms with E-state index in [9.17, 15) is 9.59 Å². The predicted octanol–water partition coefficient (Wildman–Crippen LogP) is 0.977. The van der Waals surface area contributed by atoms with Crippen molar-refractivity contribution in [1.82, 2.24) is 15.2 Å². The van der Waals surface area contributed by atoms with Gasteiger partial charge in [0.25, 0.3) is 5.91 Å². The molecule has 5 nitrogen and oxygen atoms in total. The van der Waals surface area contributed by atoms with E-state index >= 15 is 0 Å². The van der Waals surface area contributed by atoms with Crippen LogP contribution in [0.25, 0.3) is 0 Å². The first-order valence-corrected chi connectivity index (χ1v) is 6.75. The Morgan fingerprint density at radius 1 is 1.37 bits per heavy atom. The van der Waals surface area contributed by atoms with E-state index in [-0.39, 0.29) is 17.5 Å². The summed E-state index contributed by atoms with van der Waals surface area (Å²) in [6.45, 7) is 0. The van der Waals surface area contributed by atoms with Crippen molar-refractivity contribution in [2.75, 3.05) is 14.1 Å². The Balaban J connectivity index is 2.02. The highest BCUT2D eigenvalue weighted by Gasteiger charge is 2.26. The van der Waals surface area contributed by atoms with Crippen molar-refractivity contribution in [2.24, 2.45) is 0 Å². The highest BCUT2D eigenvalue weighted by Crippen LogP contribution is 2.23. The van der Waals surface area contributed by atoms with Crippen molar-refractivity contribution in [3.05, 3.63) is 34.2 Å². The summed E-state index contributed by atoms with van der Waals surface area (Å²) in [5.74, 6) is -0.0704. The average molecular weight is 263 g/mol. The van der Waals surface area contributed by atoms with Gasteiger partial charge in [-0.3, -0.25) is 9.59 Å². The number of hydrogen-bond donors (Lipinski definition) is 2. The van der Waals surface area contributed by atoms with Crippen LogP contribution >= 0.6 is 0 Å². The third-order valence-corrected chi connectivity index (χ3v) is 4.00. The number of H-pyrrole nitrogens is 1. The molecule has 5 heteroatoms. The summed E-state index contributed by atoms with van der Waals surface area (Å²) in [7, 11) is 3.81. The lowest BCUT2D eigenvalue weighted by Crippen LogP contribution is -2.42. The van der Waals surface area contributed by atoms with Crippen molar-refractivity contribution in [1.29, 1.82) is 0 Å². The van der Waals surface area contributed by atoms with Crippen LogP contribution in [0.15, 0.2) is 23.1 Å². The Hall–Kier alpha value is -1.62. The number of aromatic amines is 1. The minimum atomic E-state index is -0.238. The molecule has 1 saturated carbocycles. The number of carbonyl (C=O) groups is 1. The van der Waals surface area contributed by atoms with Gasteiger partial charge < -0.3 is 15.2 Å². The van der Waals surface area contributed by atoms with Gasteiger partial charge in [0, 0.05) is 37.0 Å². The standard InChI is InChI=1S/C14H21N3O2/c1-15-11-3-5-12(6-4-11)17(2)14(19)10-7-8-16-13(18)9-10/h7-9,11-12,15H,3-6H2,1-2H3,(H,16,18). The maximum Gasteiger partial charge on any atom is 0.254 e. The van der Waals surface area contributed by atoms with Crippen molar-refractivity contribution < 1.29 is 4.79 Å². The Morgan fingerprint density at radius 3 is 2.63 bits per heavy atom. The second-order valence-corrected chi connectivity index (χ2v) is 5.15. The first kappa shape index (κ1) is 13.8. The molecule has 0 spiro atoms. The summed E-state index contributed by atoms with van der Waals surface area (Å²) in [5.41, 5.74) is 0.222. The highest BCUT2D eigenvalue weighted by atomic mass is 16.2. The van der Waals surface area contributed by atoms with E-state index in [2.05, 4.69) is 10.3 Å². The molecular weight excluding hydrogens is 242 g/mol. The number of pyridine rings is 1. The maximum absolute atomic E-state index is 12.3. The number of rotatable bonds is 3. The van der Waals surface area contributed by atoms with Gasteiger partial charge in [-0.2, -0.15) is 0 Å². The summed E-state index contributed by atoms with van der Waals surface area (Å²) < 4.78 is 0. The minimum Gasteiger partial charge on any atom is -0.339 e. The van der Waals surface area contributed by atoms with E-state index in [1.165, 1.54) is 12.3 Å². The summed E-state index contributed by atoms with van der Waals surface area (Å²) in [6.07, 6.45) is 5.72. The topological polar surface area (TPSA) is 65.2 Å². The number of hydrogen-bond acceptors (Lipinski definition) is 3. The maximum atomic E-state index is 12.3. The fourth-order valence-electron chi connectivity index (χ4n) is 2.70. The van der Waals surface area contributed by atoms with Gasteiger partial charge in [0.05, 0.1) is 0 Å². The van der Waals surface area contributed by atoms with Gasteiger partial charge in [-0.1, -0.05) is 0 Å². The average Bonchev–Trinajstić information content (AvgIpc) is 2.46. The minimum absolute atomic E-state index is 0.0704. The van der Waals surface area contributed by atoms with Crippen LogP contribution in [-0.2, 0) is 0 Å². The molecule has 0 saturated heterocycles. The third-order valence-electron chi connectivity index (χ3n) is 4.00. The van der Waals surface area contributed by atoms with Gasteiger partial charge in [-0.15, -0.1) is 0 Å². The van der Waals surface area contributed by atoms with Crippen LogP contribution < -0.4 is 10.9 Å². The lowest BCUT2D eigenvalue weighted by atomic mass is 9.90. The molecule has 1 amide bonds. The van der Waals surface area contributed by atoms with Crippen LogP contribution in [0, 0.1) is 0 Å². The molecular formula is C14H21N3O2. The van der Waals surface area contributed by atoms with Crippen molar-refractivity contribution in [2.45, 2.75) is 37.8 Å². The van der Waals surface area contributed by atoms with Crippen LogP contribution in [-0.4, -0.2) is 42.0 Å². The van der Waals surface area contributed by atoms with Gasteiger partial charge >= 0.3 is 0 Å². The zero-order valence-corrected chi connectivity index (χ0v) is 11.5. The van der Waals surface area contributed by atoms with E-state index in [1.807, 2.05) is 14.1 Å². The second kappa shape index (κ2) is 6.02. The van der Waals surface area contributed by atoms with Crippen molar-refractivity contribution >= 4 is 5.91 Å². The molecule has 0 bridgehead atoms. The van der Waals surface area contributed by atoms with Crippen LogP contribution in [0.5, 0.6) is 0 Å². The lowest BCUT2D eigenvalue weighted by Gasteiger charge is -2.34. The largest absolute Gasteiger partial charge is 0.339 e. The van der Waals surface area contributed by atoms with Crippen LogP contribution in [0.1, 0.15) is 36.0 Å². The number of nitrogens with zero attached hydrogens (tertiary/aromatic N) is 1. The zero-order chi connectivity index (χ0) is 13.8. The SMILES string of the molecule is CNC1CCC(N(C)C(=O)c2cc[nH]c(=O)c2)CC1. The van der Waals surface area contributed by atoms with Gasteiger partial charge in [-0.05, 0) is 38.8 Å². The van der Waals surface area contributed by atoms with Gasteiger partial charge in [0.1, 0.15) is 0 Å². The normalized spacial score (nSPS) is 23.1. The van der Waals surface area contributed by atoms with Gasteiger partial charge in [-0.25, -0.2) is 0 Å². The molecule has 1 aromatic heterocycles. The fourth-order valence-corrected chi connectivity index (χ4v) is 2.70. The number of nitrogens with one attached hydrogen (secondary N) is 2. The summed E-state index contributed by atoms with van der Waals surface area (Å²) in [5, 5.41) is 3.28. The molecule has 19 heavy (non-hydrogen) atoms. The van der Waals surface area contributed by atoms with Crippen LogP contribution in [0.3, 0.4) is 0 Å². The molecule has 1 aliphatic carbocycles. The Bertz CT molecular complexity index is 489. The summed E-state index contributed by atoms with van der Waals surface area (Å²) in [6, 6.07) is 3.85. The Labute approximate surface area is 113 Å². The van der Waals surface area contributed by atoms with Gasteiger partial charge in [0.15, 0.2) is 0 Å². The first-order valence-electron chi connectivity index (χ1n) is 6.75. The summed E-state index contributed by atoms with van der Waals surface area (Å²) in [4.78, 5) is 27.8. The monoisotopic (exact) mass is 263 g/mol. The number of amides is 1. The zero-order valence-electron chi connectivity index (χ0n) is 11.5. The molecule has 0 unspecified atom stereocenters. The second-order valence-electron chi connectivity index (χ2n) is 5.15. The number of carbonyl (C=O) groups excluding carboxylic acids is 1. The quantitative estimate of drug-likeness (QED) is 0.854. The molecule has 1 aromatic rings. The molecule has 0 aromatic carbocycles. The molecule has 0 aliphatic heterocycles. The van der Waals surface area contributed by atoms with Gasteiger partial charge in [0.2, 0.25) is 5.56 Å².